The van der Waals surface area contributed by atoms with Gasteiger partial charge in [-0.1, -0.05) is 36.4 Å². The Labute approximate surface area is 81.7 Å². The van der Waals surface area contributed by atoms with Gasteiger partial charge in [-0.25, -0.2) is 0 Å². The second-order valence-electron chi connectivity index (χ2n) is 2.88. The first-order valence-corrected chi connectivity index (χ1v) is 4.28. The Hall–Kier alpha value is -2.03. The fourth-order valence-electron chi connectivity index (χ4n) is 1.43. The normalized spacial score (nSPS) is 9.71. The van der Waals surface area contributed by atoms with Gasteiger partial charge >= 0.3 is 6.41 Å². The van der Waals surface area contributed by atoms with Crippen LogP contribution in [-0.4, -0.2) is 6.41 Å². The van der Waals surface area contributed by atoms with E-state index in [4.69, 9.17) is 0 Å². The van der Waals surface area contributed by atoms with E-state index in [2.05, 4.69) is 10.9 Å². The van der Waals surface area contributed by atoms with Gasteiger partial charge < -0.3 is 0 Å². The molecule has 2 aromatic carbocycles. The average molecular weight is 185 g/mol. The van der Waals surface area contributed by atoms with Gasteiger partial charge in [0.25, 0.3) is 0 Å². The van der Waals surface area contributed by atoms with E-state index in [0.717, 1.165) is 16.5 Å². The highest BCUT2D eigenvalue weighted by atomic mass is 16.1. The SMILES string of the molecule is O=[C]NNc1cccc2ccccc12. The lowest BCUT2D eigenvalue weighted by atomic mass is 10.1. The highest BCUT2D eigenvalue weighted by molar-refractivity contribution is 5.93. The van der Waals surface area contributed by atoms with Gasteiger partial charge in [0.15, 0.2) is 0 Å². The van der Waals surface area contributed by atoms with Crippen LogP contribution in [0.2, 0.25) is 0 Å². The molecule has 2 N–H and O–H groups in total. The zero-order chi connectivity index (χ0) is 9.80. The molecule has 0 saturated heterocycles. The molecule has 0 bridgehead atoms. The Kier molecular flexibility index (Phi) is 2.32. The van der Waals surface area contributed by atoms with Crippen LogP contribution in [0.25, 0.3) is 10.8 Å². The quantitative estimate of drug-likeness (QED) is 0.565. The van der Waals surface area contributed by atoms with Crippen molar-refractivity contribution in [1.82, 2.24) is 5.43 Å². The monoisotopic (exact) mass is 185 g/mol. The molecule has 1 radical (unpaired) electrons. The minimum absolute atomic E-state index is 0.867. The predicted molar refractivity (Wildman–Crippen MR) is 56.4 cm³/mol. The maximum Gasteiger partial charge on any atom is 0.329 e. The van der Waals surface area contributed by atoms with Crippen molar-refractivity contribution in [2.24, 2.45) is 0 Å². The number of carbonyl (C=O) groups excluding carboxylic acids is 1. The molecule has 0 aliphatic carbocycles. The number of hydrazine groups is 1. The van der Waals surface area contributed by atoms with Crippen LogP contribution in [0.4, 0.5) is 5.69 Å². The van der Waals surface area contributed by atoms with E-state index >= 15 is 0 Å². The lowest BCUT2D eigenvalue weighted by Gasteiger charge is -2.06. The number of rotatable bonds is 3. The summed E-state index contributed by atoms with van der Waals surface area (Å²) in [6.45, 7) is 0. The van der Waals surface area contributed by atoms with Crippen molar-refractivity contribution in [3.05, 3.63) is 42.5 Å². The zero-order valence-electron chi connectivity index (χ0n) is 7.45. The Morgan fingerprint density at radius 3 is 2.64 bits per heavy atom. The van der Waals surface area contributed by atoms with Crippen molar-refractivity contribution in [3.8, 4) is 0 Å². The summed E-state index contributed by atoms with van der Waals surface area (Å²) in [5.41, 5.74) is 5.93. The molecule has 3 nitrogen and oxygen atoms in total. The van der Waals surface area contributed by atoms with Gasteiger partial charge in [0.1, 0.15) is 0 Å². The van der Waals surface area contributed by atoms with E-state index in [1.165, 1.54) is 0 Å². The van der Waals surface area contributed by atoms with Crippen molar-refractivity contribution in [3.63, 3.8) is 0 Å². The van der Waals surface area contributed by atoms with Crippen LogP contribution < -0.4 is 10.9 Å². The summed E-state index contributed by atoms with van der Waals surface area (Å²) in [6, 6.07) is 13.8. The molecule has 0 spiro atoms. The van der Waals surface area contributed by atoms with Crippen molar-refractivity contribution in [2.75, 3.05) is 5.43 Å². The number of nitrogens with one attached hydrogen (secondary N) is 2. The minimum atomic E-state index is 0.867. The molecule has 0 fully saturated rings. The molecule has 0 unspecified atom stereocenters. The van der Waals surface area contributed by atoms with Crippen LogP contribution >= 0.6 is 0 Å². The van der Waals surface area contributed by atoms with E-state index < -0.39 is 0 Å². The molecule has 0 heterocycles. The molecule has 3 heteroatoms. The third-order valence-electron chi connectivity index (χ3n) is 2.04. The number of fused-ring (bicyclic) bond motifs is 1. The van der Waals surface area contributed by atoms with Gasteiger partial charge in [0.05, 0.1) is 5.69 Å². The standard InChI is InChI=1S/C11H9N2O/c14-8-12-13-11-7-3-5-9-4-1-2-6-10(9)11/h1-7,13H,(H,12,14). The van der Waals surface area contributed by atoms with Crippen molar-refractivity contribution >= 4 is 22.9 Å². The number of hydrogen-bond acceptors (Lipinski definition) is 2. The van der Waals surface area contributed by atoms with Gasteiger partial charge in [0, 0.05) is 5.39 Å². The van der Waals surface area contributed by atoms with Crippen LogP contribution in [0, 0.1) is 0 Å². The van der Waals surface area contributed by atoms with Crippen LogP contribution in [-0.2, 0) is 4.79 Å². The smallest absolute Gasteiger partial charge is 0.298 e. The van der Waals surface area contributed by atoms with Gasteiger partial charge in [-0.2, -0.15) is 0 Å². The number of amides is 1. The van der Waals surface area contributed by atoms with Gasteiger partial charge in [-0.3, -0.25) is 15.6 Å². The predicted octanol–water partition coefficient (Wildman–Crippen LogP) is 1.82. The van der Waals surface area contributed by atoms with E-state index in [-0.39, 0.29) is 0 Å². The van der Waals surface area contributed by atoms with Crippen molar-refractivity contribution in [1.29, 1.82) is 0 Å². The maximum absolute atomic E-state index is 10.0. The van der Waals surface area contributed by atoms with E-state index in [0.29, 0.717) is 0 Å². The number of hydrogen-bond donors (Lipinski definition) is 2. The molecule has 0 aliphatic rings. The van der Waals surface area contributed by atoms with Crippen molar-refractivity contribution in [2.45, 2.75) is 0 Å². The van der Waals surface area contributed by atoms with Gasteiger partial charge in [-0.05, 0) is 11.5 Å². The van der Waals surface area contributed by atoms with Crippen LogP contribution in [0.15, 0.2) is 42.5 Å². The summed E-state index contributed by atoms with van der Waals surface area (Å²) in [4.78, 5) is 10.0. The molecule has 1 amide bonds. The highest BCUT2D eigenvalue weighted by Crippen LogP contribution is 2.21. The molecule has 0 saturated carbocycles. The minimum Gasteiger partial charge on any atom is -0.298 e. The number of anilines is 1. The Balaban J connectivity index is 2.48. The fourth-order valence-corrected chi connectivity index (χ4v) is 1.43. The Morgan fingerprint density at radius 2 is 1.79 bits per heavy atom. The number of benzene rings is 2. The molecule has 0 atom stereocenters. The van der Waals surface area contributed by atoms with Gasteiger partial charge in [0.2, 0.25) is 0 Å². The Bertz CT molecular complexity index is 448. The van der Waals surface area contributed by atoms with E-state index in [1.54, 1.807) is 6.41 Å². The first-order chi connectivity index (χ1) is 6.92. The summed E-state index contributed by atoms with van der Waals surface area (Å²) in [6.07, 6.45) is 1.57. The summed E-state index contributed by atoms with van der Waals surface area (Å²) in [7, 11) is 0. The second-order valence-corrected chi connectivity index (χ2v) is 2.88. The van der Waals surface area contributed by atoms with Crippen molar-refractivity contribution < 1.29 is 4.79 Å². The second kappa shape index (κ2) is 3.79. The van der Waals surface area contributed by atoms with E-state index in [9.17, 15) is 4.79 Å². The molecule has 2 aromatic rings. The van der Waals surface area contributed by atoms with Gasteiger partial charge in [-0.15, -0.1) is 0 Å². The maximum atomic E-state index is 10.0. The average Bonchev–Trinajstić information content (AvgIpc) is 2.26. The molecule has 69 valence electrons. The summed E-state index contributed by atoms with van der Waals surface area (Å²) in [5, 5.41) is 2.20. The van der Waals surface area contributed by atoms with Crippen LogP contribution in [0.3, 0.4) is 0 Å². The summed E-state index contributed by atoms with van der Waals surface area (Å²) >= 11 is 0. The van der Waals surface area contributed by atoms with E-state index in [1.807, 2.05) is 42.5 Å². The molecule has 2 rings (SSSR count). The van der Waals surface area contributed by atoms with Crippen LogP contribution in [0.1, 0.15) is 0 Å². The molecular weight excluding hydrogens is 176 g/mol. The Morgan fingerprint density at radius 1 is 1.00 bits per heavy atom. The molecular formula is C11H9N2O. The molecule has 14 heavy (non-hydrogen) atoms. The summed E-state index contributed by atoms with van der Waals surface area (Å²) < 4.78 is 0. The molecule has 0 aromatic heterocycles. The van der Waals surface area contributed by atoms with Crippen LogP contribution in [0.5, 0.6) is 0 Å². The highest BCUT2D eigenvalue weighted by Gasteiger charge is 1.97. The largest absolute Gasteiger partial charge is 0.329 e. The topological polar surface area (TPSA) is 41.1 Å². The first kappa shape index (κ1) is 8.56. The third kappa shape index (κ3) is 1.52. The first-order valence-electron chi connectivity index (χ1n) is 4.28. The fraction of sp³-hybridized carbons (Fsp3) is 0. The lowest BCUT2D eigenvalue weighted by molar-refractivity contribution is 0.548. The summed E-state index contributed by atoms with van der Waals surface area (Å²) in [5.74, 6) is 0. The lowest BCUT2D eigenvalue weighted by Crippen LogP contribution is -2.18. The third-order valence-corrected chi connectivity index (χ3v) is 2.04. The molecule has 0 aliphatic heterocycles. The zero-order valence-corrected chi connectivity index (χ0v) is 7.45.